The van der Waals surface area contributed by atoms with Gasteiger partial charge < -0.3 is 9.55 Å². The molecule has 262 valence electrons. The topological polar surface area (TPSA) is 25.6 Å². The number of H-pyrrole nitrogens is 1. The Morgan fingerprint density at radius 2 is 0.911 bits per heavy atom. The Bertz CT molecular complexity index is 3180. The van der Waals surface area contributed by atoms with Crippen molar-refractivity contribution in [1.82, 2.24) is 14.1 Å². The van der Waals surface area contributed by atoms with Gasteiger partial charge in [-0.15, -0.1) is 0 Å². The quantitative estimate of drug-likeness (QED) is 0.184. The van der Waals surface area contributed by atoms with Gasteiger partial charge in [-0.2, -0.15) is 0 Å². The van der Waals surface area contributed by atoms with Gasteiger partial charge in [-0.1, -0.05) is 158 Å². The second kappa shape index (κ2) is 11.8. The van der Waals surface area contributed by atoms with Crippen molar-refractivity contribution in [2.45, 2.75) is 5.41 Å². The molecule has 3 heterocycles. The van der Waals surface area contributed by atoms with Crippen LogP contribution in [0.5, 0.6) is 0 Å². The van der Waals surface area contributed by atoms with Crippen molar-refractivity contribution < 1.29 is 0 Å². The predicted molar refractivity (Wildman–Crippen MR) is 232 cm³/mol. The number of fused-ring (bicyclic) bond motifs is 10. The highest BCUT2D eigenvalue weighted by Crippen LogP contribution is 2.58. The van der Waals surface area contributed by atoms with E-state index in [0.29, 0.717) is 0 Å². The molecule has 3 heteroatoms. The molecule has 3 nitrogen and oxygen atoms in total. The molecule has 0 fully saturated rings. The third kappa shape index (κ3) is 4.17. The first-order valence-electron chi connectivity index (χ1n) is 19.4. The van der Waals surface area contributed by atoms with Crippen LogP contribution < -0.4 is 0 Å². The van der Waals surface area contributed by atoms with Crippen LogP contribution in [-0.4, -0.2) is 14.1 Å². The minimum absolute atomic E-state index is 0.458. The van der Waals surface area contributed by atoms with Gasteiger partial charge in [0.25, 0.3) is 0 Å². The van der Waals surface area contributed by atoms with Crippen LogP contribution in [0.3, 0.4) is 0 Å². The number of nitrogens with zero attached hydrogens (tertiary/aromatic N) is 2. The Balaban J connectivity index is 1.02. The highest BCUT2D eigenvalue weighted by Gasteiger charge is 2.47. The summed E-state index contributed by atoms with van der Waals surface area (Å²) in [4.78, 5) is 3.63. The number of hydrogen-bond donors (Lipinski definition) is 1. The average molecular weight is 714 g/mol. The van der Waals surface area contributed by atoms with Gasteiger partial charge in [-0.3, -0.25) is 4.57 Å². The lowest BCUT2D eigenvalue weighted by atomic mass is 9.67. The fourth-order valence-corrected chi connectivity index (χ4v) is 9.90. The summed E-state index contributed by atoms with van der Waals surface area (Å²) in [5.74, 6) is 0. The highest BCUT2D eigenvalue weighted by atomic mass is 15.1. The maximum atomic E-state index is 3.63. The van der Waals surface area contributed by atoms with Gasteiger partial charge in [0.2, 0.25) is 0 Å². The molecule has 8 aromatic carbocycles. The number of hydrogen-bond acceptors (Lipinski definition) is 0. The van der Waals surface area contributed by atoms with Crippen LogP contribution in [-0.2, 0) is 5.41 Å². The van der Waals surface area contributed by atoms with E-state index in [4.69, 9.17) is 0 Å². The Labute approximate surface area is 324 Å². The minimum atomic E-state index is -0.458. The molecule has 1 N–H and O–H groups in total. The maximum absolute atomic E-state index is 3.63. The normalized spacial score (nSPS) is 13.1. The standard InChI is InChI=1S/C53H35N3/c1-3-13-37(14-4-1)53(38-15-5-2-6-16-38)46-20-10-7-19-45(46)50-47(53)32-31-43-44-33-34-54-52(44)56(51(43)50)40-29-25-36(26-30-40)35-23-27-39(28-24-35)55-48-21-11-8-17-41(48)42-18-9-12-22-49(42)55/h1-34,54H. The van der Waals surface area contributed by atoms with Gasteiger partial charge in [0.05, 0.1) is 22.0 Å². The molecular formula is C53H35N3. The van der Waals surface area contributed by atoms with E-state index in [9.17, 15) is 0 Å². The van der Waals surface area contributed by atoms with Gasteiger partial charge in [0.15, 0.2) is 0 Å². The fraction of sp³-hybridized carbons (Fsp3) is 0.0189. The second-order valence-electron chi connectivity index (χ2n) is 15.0. The molecule has 0 saturated carbocycles. The molecule has 0 aliphatic heterocycles. The summed E-state index contributed by atoms with van der Waals surface area (Å²) in [7, 11) is 0. The van der Waals surface area contributed by atoms with Crippen molar-refractivity contribution in [2.24, 2.45) is 0 Å². The summed E-state index contributed by atoms with van der Waals surface area (Å²) >= 11 is 0. The van der Waals surface area contributed by atoms with Crippen molar-refractivity contribution in [1.29, 1.82) is 0 Å². The third-order valence-corrected chi connectivity index (χ3v) is 12.2. The Hall–Kier alpha value is -7.36. The zero-order valence-corrected chi connectivity index (χ0v) is 30.5. The molecule has 12 rings (SSSR count). The number of aromatic nitrogens is 3. The first-order valence-corrected chi connectivity index (χ1v) is 19.4. The van der Waals surface area contributed by atoms with Gasteiger partial charge >= 0.3 is 0 Å². The van der Waals surface area contributed by atoms with Crippen molar-refractivity contribution in [3.8, 4) is 33.6 Å². The van der Waals surface area contributed by atoms with Crippen LogP contribution in [0.2, 0.25) is 0 Å². The number of benzene rings is 8. The number of aromatic amines is 1. The van der Waals surface area contributed by atoms with Gasteiger partial charge in [0, 0.05) is 44.7 Å². The molecule has 56 heavy (non-hydrogen) atoms. The van der Waals surface area contributed by atoms with Crippen molar-refractivity contribution >= 4 is 43.7 Å². The lowest BCUT2D eigenvalue weighted by Crippen LogP contribution is -2.28. The molecule has 0 saturated heterocycles. The lowest BCUT2D eigenvalue weighted by Gasteiger charge is -2.33. The Morgan fingerprint density at radius 1 is 0.375 bits per heavy atom. The van der Waals surface area contributed by atoms with E-state index in [0.717, 1.165) is 17.0 Å². The monoisotopic (exact) mass is 713 g/mol. The van der Waals surface area contributed by atoms with Crippen LogP contribution in [0.25, 0.3) is 77.4 Å². The third-order valence-electron chi connectivity index (χ3n) is 12.2. The largest absolute Gasteiger partial charge is 0.347 e. The zero-order chi connectivity index (χ0) is 36.8. The summed E-state index contributed by atoms with van der Waals surface area (Å²) in [6.07, 6.45) is 2.06. The molecule has 0 spiro atoms. The van der Waals surface area contributed by atoms with E-state index < -0.39 is 5.41 Å². The summed E-state index contributed by atoms with van der Waals surface area (Å²) in [6.45, 7) is 0. The average Bonchev–Trinajstić information content (AvgIpc) is 4.03. The number of rotatable bonds is 5. The molecule has 3 aromatic heterocycles. The van der Waals surface area contributed by atoms with E-state index in [1.807, 2.05) is 0 Å². The van der Waals surface area contributed by atoms with E-state index in [1.165, 1.54) is 82.6 Å². The smallest absolute Gasteiger partial charge is 0.123 e. The predicted octanol–water partition coefficient (Wildman–Crippen LogP) is 13.2. The molecule has 0 atom stereocenters. The summed E-state index contributed by atoms with van der Waals surface area (Å²) < 4.78 is 4.82. The SMILES string of the molecule is c1ccc(C2(c3ccccc3)c3ccccc3-c3c2ccc2c4cc[nH]c4n(-c4ccc(-c5ccc(-n6c7ccccc7c7ccccc76)cc5)cc4)c32)cc1. The Kier molecular flexibility index (Phi) is 6.55. The van der Waals surface area contributed by atoms with Gasteiger partial charge in [-0.25, -0.2) is 0 Å². The van der Waals surface area contributed by atoms with Crippen LogP contribution in [0.4, 0.5) is 0 Å². The van der Waals surface area contributed by atoms with E-state index in [-0.39, 0.29) is 0 Å². The minimum Gasteiger partial charge on any atom is -0.347 e. The van der Waals surface area contributed by atoms with E-state index >= 15 is 0 Å². The molecule has 0 amide bonds. The van der Waals surface area contributed by atoms with Crippen molar-refractivity contribution in [3.05, 3.63) is 229 Å². The molecule has 1 aliphatic carbocycles. The molecule has 0 radical (unpaired) electrons. The first-order chi connectivity index (χ1) is 27.8. The lowest BCUT2D eigenvalue weighted by molar-refractivity contribution is 0.769. The first kappa shape index (κ1) is 31.0. The highest BCUT2D eigenvalue weighted by molar-refractivity contribution is 6.15. The van der Waals surface area contributed by atoms with Gasteiger partial charge in [0.1, 0.15) is 5.65 Å². The van der Waals surface area contributed by atoms with Crippen LogP contribution in [0, 0.1) is 0 Å². The van der Waals surface area contributed by atoms with E-state index in [1.54, 1.807) is 0 Å². The molecule has 0 bridgehead atoms. The van der Waals surface area contributed by atoms with Crippen molar-refractivity contribution in [3.63, 3.8) is 0 Å². The Morgan fingerprint density at radius 3 is 1.54 bits per heavy atom. The maximum Gasteiger partial charge on any atom is 0.123 e. The summed E-state index contributed by atoms with van der Waals surface area (Å²) in [5, 5.41) is 5.02. The second-order valence-corrected chi connectivity index (χ2v) is 15.0. The molecule has 11 aromatic rings. The number of nitrogens with one attached hydrogen (secondary N) is 1. The van der Waals surface area contributed by atoms with E-state index in [2.05, 4.69) is 221 Å². The van der Waals surface area contributed by atoms with Crippen LogP contribution in [0.1, 0.15) is 22.3 Å². The molecule has 0 unspecified atom stereocenters. The summed E-state index contributed by atoms with van der Waals surface area (Å²) in [5.41, 5.74) is 16.7. The van der Waals surface area contributed by atoms with Crippen LogP contribution in [0.15, 0.2) is 206 Å². The summed E-state index contributed by atoms with van der Waals surface area (Å²) in [6, 6.07) is 73.5. The zero-order valence-electron chi connectivity index (χ0n) is 30.5. The van der Waals surface area contributed by atoms with Gasteiger partial charge in [-0.05, 0) is 81.4 Å². The fourth-order valence-electron chi connectivity index (χ4n) is 9.90. The van der Waals surface area contributed by atoms with Crippen molar-refractivity contribution in [2.75, 3.05) is 0 Å². The number of para-hydroxylation sites is 2. The van der Waals surface area contributed by atoms with Crippen LogP contribution >= 0.6 is 0 Å². The molecular weight excluding hydrogens is 679 g/mol. The molecule has 1 aliphatic rings.